The molecule has 16 heteroatoms. The number of anilines is 1. The lowest BCUT2D eigenvalue weighted by atomic mass is 10.1. The highest BCUT2D eigenvalue weighted by molar-refractivity contribution is 8.00. The molecule has 14 nitrogen and oxygen atoms in total. The number of thioether (sulfide) groups is 1. The van der Waals surface area contributed by atoms with Gasteiger partial charge in [0.15, 0.2) is 10.8 Å². The molecule has 3 amide bonds. The fourth-order valence-electron chi connectivity index (χ4n) is 2.91. The molecule has 1 unspecified atom stereocenters. The Bertz CT molecular complexity index is 1070. The van der Waals surface area contributed by atoms with E-state index in [0.29, 0.717) is 5.57 Å². The summed E-state index contributed by atoms with van der Waals surface area (Å²) in [4.78, 5) is 57.2. The molecular formula is C17H18N6O8S2. The van der Waals surface area contributed by atoms with Gasteiger partial charge >= 0.3 is 12.2 Å². The van der Waals surface area contributed by atoms with Gasteiger partial charge in [0.25, 0.3) is 11.8 Å². The number of amides is 3. The third-order valence-corrected chi connectivity index (χ3v) is 6.20. The van der Waals surface area contributed by atoms with E-state index in [4.69, 9.17) is 26.1 Å². The Kier molecular flexibility index (Phi) is 7.39. The van der Waals surface area contributed by atoms with Gasteiger partial charge < -0.3 is 36.2 Å². The zero-order chi connectivity index (χ0) is 24.1. The van der Waals surface area contributed by atoms with Gasteiger partial charge in [0.05, 0.1) is 0 Å². The maximum Gasteiger partial charge on any atom is 0.512 e. The van der Waals surface area contributed by atoms with Gasteiger partial charge in [-0.2, -0.15) is 0 Å². The van der Waals surface area contributed by atoms with Crippen molar-refractivity contribution in [3.63, 3.8) is 0 Å². The van der Waals surface area contributed by atoms with Crippen molar-refractivity contribution in [1.29, 1.82) is 0 Å². The van der Waals surface area contributed by atoms with Crippen LogP contribution in [0.15, 0.2) is 34.1 Å². The third kappa shape index (κ3) is 5.35. The molecule has 1 aromatic rings. The summed E-state index contributed by atoms with van der Waals surface area (Å²) in [6, 6.07) is -0.975. The lowest BCUT2D eigenvalue weighted by molar-refractivity contribution is -0.148. The molecule has 0 saturated carbocycles. The number of aromatic nitrogens is 1. The van der Waals surface area contributed by atoms with Gasteiger partial charge in [-0.05, 0) is 6.08 Å². The Hall–Kier alpha value is -3.79. The first-order chi connectivity index (χ1) is 15.7. The van der Waals surface area contributed by atoms with Gasteiger partial charge in [0.1, 0.15) is 30.8 Å². The summed E-state index contributed by atoms with van der Waals surface area (Å²) in [5.41, 5.74) is 10.8. The number of nitrogens with zero attached hydrogens (tertiary/aromatic N) is 3. The van der Waals surface area contributed by atoms with Crippen LogP contribution in [0.2, 0.25) is 0 Å². The van der Waals surface area contributed by atoms with Crippen LogP contribution < -0.4 is 16.8 Å². The summed E-state index contributed by atoms with van der Waals surface area (Å²) in [7, 11) is 1.25. The topological polar surface area (TPSA) is 209 Å². The molecule has 2 atom stereocenters. The zero-order valence-corrected chi connectivity index (χ0v) is 18.6. The number of nitrogen functional groups attached to an aromatic ring is 1. The van der Waals surface area contributed by atoms with Crippen LogP contribution in [0.5, 0.6) is 0 Å². The first-order valence-corrected chi connectivity index (χ1v) is 11.0. The number of fused-ring (bicyclic) bond motifs is 1. The van der Waals surface area contributed by atoms with Crippen molar-refractivity contribution in [3.8, 4) is 0 Å². The van der Waals surface area contributed by atoms with Crippen LogP contribution in [0.3, 0.4) is 0 Å². The second kappa shape index (κ2) is 10.2. The number of hydrogen-bond donors (Lipinski definition) is 4. The van der Waals surface area contributed by atoms with E-state index in [0.717, 1.165) is 16.2 Å². The lowest BCUT2D eigenvalue weighted by Gasteiger charge is -2.48. The SMILES string of the molecule is CO/N=C(\C(=O)NC1C(=O)N2C(OC(=O)O)=C(/C=C\COC(N)=O)CS[C@@H]12)c1csc(N)n1. The van der Waals surface area contributed by atoms with Crippen LogP contribution in [-0.4, -0.2) is 75.7 Å². The number of nitrogens with two attached hydrogens (primary N) is 2. The van der Waals surface area contributed by atoms with Crippen LogP contribution in [0.25, 0.3) is 0 Å². The number of ether oxygens (including phenoxy) is 2. The Morgan fingerprint density at radius 2 is 2.21 bits per heavy atom. The number of primary amides is 1. The maximum atomic E-state index is 12.8. The fraction of sp³-hybridized carbons (Fsp3) is 0.294. The molecule has 33 heavy (non-hydrogen) atoms. The average molecular weight is 498 g/mol. The van der Waals surface area contributed by atoms with Crippen molar-refractivity contribution < 1.29 is 38.6 Å². The minimum absolute atomic E-state index is 0.150. The molecule has 3 rings (SSSR count). The summed E-state index contributed by atoms with van der Waals surface area (Å²) in [5, 5.41) is 16.4. The molecule has 6 N–H and O–H groups in total. The summed E-state index contributed by atoms with van der Waals surface area (Å²) >= 11 is 2.37. The normalized spacial score (nSPS) is 20.2. The number of carbonyl (C=O) groups is 4. The number of hydrogen-bond acceptors (Lipinski definition) is 12. The molecule has 0 radical (unpaired) electrons. The molecule has 0 spiro atoms. The van der Waals surface area contributed by atoms with Gasteiger partial charge in [-0.25, -0.2) is 14.6 Å². The first-order valence-electron chi connectivity index (χ1n) is 9.03. The van der Waals surface area contributed by atoms with E-state index in [1.54, 1.807) is 0 Å². The summed E-state index contributed by atoms with van der Waals surface area (Å²) < 4.78 is 9.40. The van der Waals surface area contributed by atoms with E-state index in [2.05, 4.69) is 20.2 Å². The van der Waals surface area contributed by atoms with Crippen molar-refractivity contribution in [2.75, 3.05) is 25.2 Å². The number of carboxylic acid groups (broad SMARTS) is 1. The summed E-state index contributed by atoms with van der Waals surface area (Å²) in [6.45, 7) is -0.150. The Morgan fingerprint density at radius 3 is 2.82 bits per heavy atom. The molecule has 1 aromatic heterocycles. The predicted octanol–water partition coefficient (Wildman–Crippen LogP) is 0.0334. The smallest absolute Gasteiger partial charge is 0.449 e. The Balaban J connectivity index is 1.76. The molecule has 0 aliphatic carbocycles. The van der Waals surface area contributed by atoms with E-state index in [9.17, 15) is 19.2 Å². The van der Waals surface area contributed by atoms with Crippen LogP contribution in [0.4, 0.5) is 14.7 Å². The highest BCUT2D eigenvalue weighted by Gasteiger charge is 2.54. The Morgan fingerprint density at radius 1 is 1.45 bits per heavy atom. The number of β-lactam (4-membered cyclic amide) rings is 1. The van der Waals surface area contributed by atoms with Crippen LogP contribution in [-0.2, 0) is 23.9 Å². The first kappa shape index (κ1) is 23.9. The summed E-state index contributed by atoms with van der Waals surface area (Å²) in [5.74, 6) is -1.27. The van der Waals surface area contributed by atoms with E-state index in [-0.39, 0.29) is 34.8 Å². The molecule has 2 aliphatic rings. The van der Waals surface area contributed by atoms with Crippen LogP contribution >= 0.6 is 23.1 Å². The molecule has 1 fully saturated rings. The minimum atomic E-state index is -1.62. The summed E-state index contributed by atoms with van der Waals surface area (Å²) in [6.07, 6.45) is 0.287. The minimum Gasteiger partial charge on any atom is -0.449 e. The molecule has 176 valence electrons. The molecule has 0 bridgehead atoms. The Labute approximate surface area is 194 Å². The third-order valence-electron chi connectivity index (χ3n) is 4.22. The molecule has 3 heterocycles. The van der Waals surface area contributed by atoms with E-state index >= 15 is 0 Å². The number of rotatable bonds is 8. The second-order valence-corrected chi connectivity index (χ2v) is 8.28. The fourth-order valence-corrected chi connectivity index (χ4v) is 4.76. The van der Waals surface area contributed by atoms with Crippen LogP contribution in [0, 0.1) is 0 Å². The highest BCUT2D eigenvalue weighted by atomic mass is 32.2. The number of nitrogens with one attached hydrogen (secondary N) is 1. The standard InChI is InChI=1S/C17H18N6O8S2/c1-29-22-9(8-6-33-15(18)20-8)11(24)21-10-12(25)23-13(31-17(27)28)7(5-32-14(10)23)3-2-4-30-16(19)26/h2-3,6,10,14H,4-5H2,1H3,(H2,18,20)(H2,19,26)(H,21,24)(H,27,28)/b3-2-,22-9-/t10?,14-/m0/s1. The van der Waals surface area contributed by atoms with Crippen molar-refractivity contribution in [2.24, 2.45) is 10.9 Å². The monoisotopic (exact) mass is 498 g/mol. The van der Waals surface area contributed by atoms with Gasteiger partial charge in [0.2, 0.25) is 5.88 Å². The quantitative estimate of drug-likeness (QED) is 0.163. The van der Waals surface area contributed by atoms with Crippen molar-refractivity contribution >= 4 is 58.0 Å². The van der Waals surface area contributed by atoms with Crippen LogP contribution in [0.1, 0.15) is 5.69 Å². The molecule has 0 aromatic carbocycles. The number of allylic oxidation sites excluding steroid dienone is 1. The van der Waals surface area contributed by atoms with Crippen molar-refractivity contribution in [3.05, 3.63) is 34.7 Å². The van der Waals surface area contributed by atoms with E-state index < -0.39 is 35.5 Å². The second-order valence-electron chi connectivity index (χ2n) is 6.29. The maximum absolute atomic E-state index is 12.8. The highest BCUT2D eigenvalue weighted by Crippen LogP contribution is 2.41. The van der Waals surface area contributed by atoms with Gasteiger partial charge in [0, 0.05) is 16.7 Å². The number of carbonyl (C=O) groups excluding carboxylic acids is 3. The van der Waals surface area contributed by atoms with E-state index in [1.807, 2.05) is 0 Å². The van der Waals surface area contributed by atoms with Gasteiger partial charge in [-0.15, -0.1) is 23.1 Å². The number of oxime groups is 1. The molecule has 1 saturated heterocycles. The molecular weight excluding hydrogens is 480 g/mol. The number of thiazole rings is 1. The predicted molar refractivity (Wildman–Crippen MR) is 116 cm³/mol. The zero-order valence-electron chi connectivity index (χ0n) is 16.9. The van der Waals surface area contributed by atoms with Crippen molar-refractivity contribution in [1.82, 2.24) is 15.2 Å². The molecule has 2 aliphatic heterocycles. The largest absolute Gasteiger partial charge is 0.512 e. The lowest BCUT2D eigenvalue weighted by Crippen LogP contribution is -2.70. The van der Waals surface area contributed by atoms with Crippen molar-refractivity contribution in [2.45, 2.75) is 11.4 Å². The average Bonchev–Trinajstić information content (AvgIpc) is 3.18. The van der Waals surface area contributed by atoms with E-state index in [1.165, 1.54) is 36.4 Å². The van der Waals surface area contributed by atoms with Gasteiger partial charge in [-0.1, -0.05) is 11.2 Å². The van der Waals surface area contributed by atoms with Gasteiger partial charge in [-0.3, -0.25) is 14.5 Å².